The van der Waals surface area contributed by atoms with E-state index in [0.29, 0.717) is 6.04 Å². The molecule has 0 aromatic carbocycles. The molecule has 2 nitrogen and oxygen atoms in total. The fourth-order valence-corrected chi connectivity index (χ4v) is 6.00. The number of nitrogens with one attached hydrogen (secondary N) is 1. The molecule has 0 aliphatic heterocycles. The van der Waals surface area contributed by atoms with Gasteiger partial charge in [0.15, 0.2) is 0 Å². The van der Waals surface area contributed by atoms with Crippen molar-refractivity contribution in [2.45, 2.75) is 51.5 Å². The highest BCUT2D eigenvalue weighted by Crippen LogP contribution is 2.57. The van der Waals surface area contributed by atoms with Gasteiger partial charge in [0.1, 0.15) is 0 Å². The van der Waals surface area contributed by atoms with Crippen LogP contribution in [0.25, 0.3) is 0 Å². The molecule has 2 heteroatoms. The number of hydrogen-bond acceptors (Lipinski definition) is 2. The molecule has 4 bridgehead atoms. The minimum Gasteiger partial charge on any atom is -0.316 e. The number of aryl methyl sites for hydroxylation is 1. The molecule has 4 saturated carbocycles. The van der Waals surface area contributed by atoms with Gasteiger partial charge in [-0.05, 0) is 87.3 Å². The van der Waals surface area contributed by atoms with Crippen molar-refractivity contribution in [2.24, 2.45) is 29.6 Å². The third-order valence-electron chi connectivity index (χ3n) is 6.67. The summed E-state index contributed by atoms with van der Waals surface area (Å²) in [6.07, 6.45) is 10.6. The Kier molecular flexibility index (Phi) is 3.53. The van der Waals surface area contributed by atoms with Crippen molar-refractivity contribution < 1.29 is 0 Å². The van der Waals surface area contributed by atoms with Crippen molar-refractivity contribution in [1.82, 2.24) is 10.3 Å². The molecule has 0 spiro atoms. The summed E-state index contributed by atoms with van der Waals surface area (Å²) in [5.41, 5.74) is 2.65. The van der Waals surface area contributed by atoms with E-state index in [1.165, 1.54) is 36.9 Å². The Labute approximate surface area is 128 Å². The molecule has 0 saturated heterocycles. The van der Waals surface area contributed by atoms with Crippen molar-refractivity contribution in [3.63, 3.8) is 0 Å². The van der Waals surface area contributed by atoms with Crippen LogP contribution in [0.1, 0.15) is 43.4 Å². The van der Waals surface area contributed by atoms with Gasteiger partial charge < -0.3 is 5.32 Å². The molecule has 5 rings (SSSR count). The highest BCUT2D eigenvalue weighted by atomic mass is 14.9. The SMILES string of the molecule is CNC(Cc1ncccc1C)C1C2CC3CC(C2)CC1C3. The normalized spacial score (nSPS) is 38.7. The van der Waals surface area contributed by atoms with E-state index in [2.05, 4.69) is 36.4 Å². The van der Waals surface area contributed by atoms with Crippen LogP contribution in [0.3, 0.4) is 0 Å². The lowest BCUT2D eigenvalue weighted by atomic mass is 9.50. The van der Waals surface area contributed by atoms with Crippen molar-refractivity contribution >= 4 is 0 Å². The number of hydrogen-bond donors (Lipinski definition) is 1. The van der Waals surface area contributed by atoms with Gasteiger partial charge in [-0.25, -0.2) is 0 Å². The Morgan fingerprint density at radius 2 is 1.81 bits per heavy atom. The molecule has 1 atom stereocenters. The second kappa shape index (κ2) is 5.39. The van der Waals surface area contributed by atoms with Crippen LogP contribution in [0.15, 0.2) is 18.3 Å². The molecule has 1 unspecified atom stereocenters. The molecule has 1 aromatic rings. The molecule has 4 aliphatic rings. The average molecular weight is 284 g/mol. The Morgan fingerprint density at radius 1 is 1.14 bits per heavy atom. The van der Waals surface area contributed by atoms with Gasteiger partial charge in [-0.2, -0.15) is 0 Å². The van der Waals surface area contributed by atoms with Gasteiger partial charge >= 0.3 is 0 Å². The quantitative estimate of drug-likeness (QED) is 0.914. The molecule has 114 valence electrons. The van der Waals surface area contributed by atoms with E-state index >= 15 is 0 Å². The van der Waals surface area contributed by atoms with E-state index in [4.69, 9.17) is 0 Å². The molecular weight excluding hydrogens is 256 g/mol. The molecule has 1 aromatic heterocycles. The van der Waals surface area contributed by atoms with Crippen molar-refractivity contribution in [3.8, 4) is 0 Å². The topological polar surface area (TPSA) is 24.9 Å². The molecule has 0 radical (unpaired) electrons. The van der Waals surface area contributed by atoms with Crippen molar-refractivity contribution in [3.05, 3.63) is 29.6 Å². The largest absolute Gasteiger partial charge is 0.316 e. The van der Waals surface area contributed by atoms with E-state index < -0.39 is 0 Å². The zero-order chi connectivity index (χ0) is 14.4. The summed E-state index contributed by atoms with van der Waals surface area (Å²) in [5.74, 6) is 5.00. The summed E-state index contributed by atoms with van der Waals surface area (Å²) in [6.45, 7) is 2.20. The maximum absolute atomic E-state index is 4.64. The minimum atomic E-state index is 0.619. The smallest absolute Gasteiger partial charge is 0.0448 e. The highest BCUT2D eigenvalue weighted by Gasteiger charge is 2.50. The van der Waals surface area contributed by atoms with E-state index in [1.807, 2.05) is 6.20 Å². The van der Waals surface area contributed by atoms with Crippen LogP contribution in [0.2, 0.25) is 0 Å². The summed E-state index contributed by atoms with van der Waals surface area (Å²) in [4.78, 5) is 4.64. The fraction of sp³-hybridized carbons (Fsp3) is 0.737. The molecule has 0 amide bonds. The molecule has 1 heterocycles. The second-order valence-corrected chi connectivity index (χ2v) is 7.87. The third kappa shape index (κ3) is 2.42. The van der Waals surface area contributed by atoms with Crippen LogP contribution in [0, 0.1) is 36.5 Å². The number of pyridine rings is 1. The first kappa shape index (κ1) is 13.8. The second-order valence-electron chi connectivity index (χ2n) is 7.87. The van der Waals surface area contributed by atoms with Gasteiger partial charge in [-0.15, -0.1) is 0 Å². The van der Waals surface area contributed by atoms with Crippen LogP contribution in [-0.2, 0) is 6.42 Å². The molecular formula is C19H28N2. The molecule has 4 fully saturated rings. The van der Waals surface area contributed by atoms with E-state index in [-0.39, 0.29) is 0 Å². The van der Waals surface area contributed by atoms with Gasteiger partial charge in [0.2, 0.25) is 0 Å². The van der Waals surface area contributed by atoms with Gasteiger partial charge in [-0.3, -0.25) is 4.98 Å². The van der Waals surface area contributed by atoms with Crippen molar-refractivity contribution in [1.29, 1.82) is 0 Å². The van der Waals surface area contributed by atoms with Crippen LogP contribution in [0.4, 0.5) is 0 Å². The predicted molar refractivity (Wildman–Crippen MR) is 86.1 cm³/mol. The summed E-state index contributed by atoms with van der Waals surface area (Å²) in [7, 11) is 2.16. The molecule has 1 N–H and O–H groups in total. The molecule has 4 aliphatic carbocycles. The van der Waals surface area contributed by atoms with Gasteiger partial charge in [0.05, 0.1) is 0 Å². The van der Waals surface area contributed by atoms with E-state index in [9.17, 15) is 0 Å². The third-order valence-corrected chi connectivity index (χ3v) is 6.67. The molecule has 21 heavy (non-hydrogen) atoms. The Morgan fingerprint density at radius 3 is 2.38 bits per heavy atom. The first-order valence-corrected chi connectivity index (χ1v) is 8.82. The van der Waals surface area contributed by atoms with Gasteiger partial charge in [0, 0.05) is 24.4 Å². The zero-order valence-electron chi connectivity index (χ0n) is 13.4. The maximum Gasteiger partial charge on any atom is 0.0448 e. The summed E-state index contributed by atoms with van der Waals surface area (Å²) < 4.78 is 0. The monoisotopic (exact) mass is 284 g/mol. The van der Waals surface area contributed by atoms with Crippen LogP contribution in [-0.4, -0.2) is 18.1 Å². The lowest BCUT2D eigenvalue weighted by molar-refractivity contribution is -0.0508. The lowest BCUT2D eigenvalue weighted by Crippen LogP contribution is -2.53. The maximum atomic E-state index is 4.64. The Bertz CT molecular complexity index is 482. The minimum absolute atomic E-state index is 0.619. The summed E-state index contributed by atoms with van der Waals surface area (Å²) in [6, 6.07) is 4.87. The van der Waals surface area contributed by atoms with E-state index in [0.717, 1.165) is 36.0 Å². The predicted octanol–water partition coefficient (Wildman–Crippen LogP) is 3.59. The zero-order valence-corrected chi connectivity index (χ0v) is 13.4. The first-order chi connectivity index (χ1) is 10.2. The van der Waals surface area contributed by atoms with E-state index in [1.54, 1.807) is 6.42 Å². The summed E-state index contributed by atoms with van der Waals surface area (Å²) in [5, 5.41) is 3.67. The van der Waals surface area contributed by atoms with Gasteiger partial charge in [0.25, 0.3) is 0 Å². The van der Waals surface area contributed by atoms with Crippen LogP contribution in [0.5, 0.6) is 0 Å². The number of rotatable bonds is 4. The van der Waals surface area contributed by atoms with Crippen LogP contribution >= 0.6 is 0 Å². The standard InChI is InChI=1S/C19H28N2/c1-12-4-3-5-21-17(12)11-18(20-2)19-15-7-13-6-14(9-15)10-16(19)8-13/h3-5,13-16,18-20H,6-11H2,1-2H3. The van der Waals surface area contributed by atoms with Crippen molar-refractivity contribution in [2.75, 3.05) is 7.05 Å². The lowest BCUT2D eigenvalue weighted by Gasteiger charge is -2.56. The average Bonchev–Trinajstić information content (AvgIpc) is 2.47. The number of aromatic nitrogens is 1. The number of nitrogens with zero attached hydrogens (tertiary/aromatic N) is 1. The Balaban J connectivity index is 1.55. The fourth-order valence-electron chi connectivity index (χ4n) is 6.00. The Hall–Kier alpha value is -0.890. The van der Waals surface area contributed by atoms with Crippen LogP contribution < -0.4 is 5.32 Å². The number of likely N-dealkylation sites (N-methyl/N-ethyl adjacent to an activating group) is 1. The first-order valence-electron chi connectivity index (χ1n) is 8.82. The van der Waals surface area contributed by atoms with Gasteiger partial charge in [-0.1, -0.05) is 6.07 Å². The summed E-state index contributed by atoms with van der Waals surface area (Å²) >= 11 is 0. The highest BCUT2D eigenvalue weighted by molar-refractivity contribution is 5.19.